The molecule has 1 aromatic heterocycles. The maximum absolute atomic E-state index is 13.5. The molecule has 4 aromatic rings. The molecule has 2 aliphatic heterocycles. The number of amides is 1. The Morgan fingerprint density at radius 3 is 2.53 bits per heavy atom. The summed E-state index contributed by atoms with van der Waals surface area (Å²) < 4.78 is 11.6. The zero-order chi connectivity index (χ0) is 23.6. The third-order valence-corrected chi connectivity index (χ3v) is 6.26. The SMILES string of the molecule is N#CC1=C(N)Oc2cc3oc(-c4ccccc4)cc(=O)c3c(O)c2C12C(=O)Nc1ccccc12. The van der Waals surface area contributed by atoms with Crippen LogP contribution in [-0.2, 0) is 10.2 Å². The lowest BCUT2D eigenvalue weighted by Crippen LogP contribution is -2.42. The number of phenolic OH excluding ortho intramolecular Hbond substituents is 1. The number of benzene rings is 3. The minimum absolute atomic E-state index is 0.0155. The first-order chi connectivity index (χ1) is 16.5. The van der Waals surface area contributed by atoms with Crippen molar-refractivity contribution < 1.29 is 19.1 Å². The van der Waals surface area contributed by atoms with Crippen molar-refractivity contribution in [1.82, 2.24) is 0 Å². The van der Waals surface area contributed by atoms with Crippen LogP contribution in [0.1, 0.15) is 11.1 Å². The summed E-state index contributed by atoms with van der Waals surface area (Å²) in [5, 5.41) is 24.0. The van der Waals surface area contributed by atoms with Crippen LogP contribution in [0.15, 0.2) is 87.4 Å². The van der Waals surface area contributed by atoms with Gasteiger partial charge in [0.2, 0.25) is 11.8 Å². The van der Waals surface area contributed by atoms with Gasteiger partial charge in [-0.1, -0.05) is 48.5 Å². The molecule has 164 valence electrons. The molecule has 4 N–H and O–H groups in total. The monoisotopic (exact) mass is 449 g/mol. The number of fused-ring (bicyclic) bond motifs is 5. The molecule has 1 atom stereocenters. The van der Waals surface area contributed by atoms with Gasteiger partial charge in [-0.25, -0.2) is 0 Å². The van der Waals surface area contributed by atoms with Gasteiger partial charge in [0.05, 0.1) is 5.56 Å². The van der Waals surface area contributed by atoms with E-state index in [0.29, 0.717) is 22.6 Å². The molecule has 0 radical (unpaired) electrons. The van der Waals surface area contributed by atoms with Crippen molar-refractivity contribution in [2.45, 2.75) is 5.41 Å². The minimum atomic E-state index is -1.79. The molecule has 1 amide bonds. The van der Waals surface area contributed by atoms with Crippen LogP contribution in [0.25, 0.3) is 22.3 Å². The van der Waals surface area contributed by atoms with Crippen molar-refractivity contribution in [3.8, 4) is 28.9 Å². The van der Waals surface area contributed by atoms with Crippen molar-refractivity contribution in [1.29, 1.82) is 5.26 Å². The third-order valence-electron chi connectivity index (χ3n) is 6.26. The lowest BCUT2D eigenvalue weighted by Gasteiger charge is -2.34. The number of nitrogens with two attached hydrogens (primary N) is 1. The minimum Gasteiger partial charge on any atom is -0.507 e. The van der Waals surface area contributed by atoms with Gasteiger partial charge in [0.1, 0.15) is 45.3 Å². The number of para-hydroxylation sites is 1. The van der Waals surface area contributed by atoms with Crippen LogP contribution in [0.3, 0.4) is 0 Å². The number of ether oxygens (including phenoxy) is 1. The molecule has 6 rings (SSSR count). The highest BCUT2D eigenvalue weighted by atomic mass is 16.5. The van der Waals surface area contributed by atoms with Crippen LogP contribution in [0.4, 0.5) is 5.69 Å². The second-order valence-corrected chi connectivity index (χ2v) is 8.02. The van der Waals surface area contributed by atoms with E-state index in [1.807, 2.05) is 24.3 Å². The Bertz CT molecular complexity index is 1680. The Labute approximate surface area is 192 Å². The summed E-state index contributed by atoms with van der Waals surface area (Å²) in [4.78, 5) is 26.6. The number of phenols is 1. The number of carbonyl (C=O) groups excluding carboxylic acids is 1. The average molecular weight is 449 g/mol. The Morgan fingerprint density at radius 2 is 1.76 bits per heavy atom. The Kier molecular flexibility index (Phi) is 3.89. The molecule has 3 heterocycles. The fourth-order valence-corrected chi connectivity index (χ4v) is 4.84. The van der Waals surface area contributed by atoms with Gasteiger partial charge in [-0.05, 0) is 6.07 Å². The molecular formula is C26H15N3O5. The average Bonchev–Trinajstić information content (AvgIpc) is 3.11. The number of hydrogen-bond acceptors (Lipinski definition) is 7. The van der Waals surface area contributed by atoms with Crippen molar-refractivity contribution in [3.63, 3.8) is 0 Å². The number of anilines is 1. The molecular weight excluding hydrogens is 434 g/mol. The maximum Gasteiger partial charge on any atom is 0.245 e. The van der Waals surface area contributed by atoms with E-state index in [4.69, 9.17) is 14.9 Å². The summed E-state index contributed by atoms with van der Waals surface area (Å²) >= 11 is 0. The predicted octanol–water partition coefficient (Wildman–Crippen LogP) is 3.49. The largest absolute Gasteiger partial charge is 0.507 e. The number of carbonyl (C=O) groups is 1. The molecule has 2 aliphatic rings. The number of nitriles is 1. The van der Waals surface area contributed by atoms with Gasteiger partial charge in [-0.3, -0.25) is 9.59 Å². The highest BCUT2D eigenvalue weighted by molar-refractivity contribution is 6.14. The first kappa shape index (κ1) is 19.6. The van der Waals surface area contributed by atoms with E-state index < -0.39 is 22.5 Å². The standard InChI is InChI=1S/C26H15N3O5/c27-12-15-24(28)34-20-11-19-21(17(30)10-18(33-19)13-6-2-1-3-7-13)23(31)22(20)26(15)14-8-4-5-9-16(14)29-25(26)32/h1-11,31H,28H2,(H,29,32). The zero-order valence-corrected chi connectivity index (χ0v) is 17.5. The molecule has 34 heavy (non-hydrogen) atoms. The van der Waals surface area contributed by atoms with Crippen LogP contribution in [0, 0.1) is 11.3 Å². The lowest BCUT2D eigenvalue weighted by molar-refractivity contribution is -0.118. The van der Waals surface area contributed by atoms with Crippen LogP contribution in [0.2, 0.25) is 0 Å². The summed E-state index contributed by atoms with van der Waals surface area (Å²) in [7, 11) is 0. The lowest BCUT2D eigenvalue weighted by atomic mass is 9.68. The first-order valence-electron chi connectivity index (χ1n) is 10.4. The van der Waals surface area contributed by atoms with E-state index in [2.05, 4.69) is 5.32 Å². The van der Waals surface area contributed by atoms with Gasteiger partial charge in [0.15, 0.2) is 5.43 Å². The van der Waals surface area contributed by atoms with Crippen molar-refractivity contribution in [2.24, 2.45) is 5.73 Å². The van der Waals surface area contributed by atoms with Gasteiger partial charge in [0, 0.05) is 28.9 Å². The summed E-state index contributed by atoms with van der Waals surface area (Å²) in [6, 6.07) is 20.5. The van der Waals surface area contributed by atoms with Crippen LogP contribution >= 0.6 is 0 Å². The first-order valence-corrected chi connectivity index (χ1v) is 10.4. The quantitative estimate of drug-likeness (QED) is 0.404. The number of nitrogens with zero attached hydrogens (tertiary/aromatic N) is 1. The van der Waals surface area contributed by atoms with Gasteiger partial charge in [0.25, 0.3) is 0 Å². The molecule has 0 aliphatic carbocycles. The molecule has 0 fully saturated rings. The Balaban J connectivity index is 1.73. The summed E-state index contributed by atoms with van der Waals surface area (Å²) in [5.74, 6) is -1.05. The zero-order valence-electron chi connectivity index (χ0n) is 17.5. The second-order valence-electron chi connectivity index (χ2n) is 8.02. The molecule has 0 bridgehead atoms. The van der Waals surface area contributed by atoms with E-state index in [9.17, 15) is 20.0 Å². The number of aromatic hydroxyl groups is 1. The topological polar surface area (TPSA) is 139 Å². The van der Waals surface area contributed by atoms with Crippen LogP contribution < -0.4 is 21.2 Å². The van der Waals surface area contributed by atoms with Crippen molar-refractivity contribution in [2.75, 3.05) is 5.32 Å². The molecule has 3 aromatic carbocycles. The Hall–Kier alpha value is -5.03. The maximum atomic E-state index is 13.5. The highest BCUT2D eigenvalue weighted by Gasteiger charge is 2.58. The molecule has 1 spiro atoms. The summed E-state index contributed by atoms with van der Waals surface area (Å²) in [6.07, 6.45) is 0. The van der Waals surface area contributed by atoms with E-state index >= 15 is 0 Å². The third kappa shape index (κ3) is 2.35. The predicted molar refractivity (Wildman–Crippen MR) is 123 cm³/mol. The number of hydrogen-bond donors (Lipinski definition) is 3. The Morgan fingerprint density at radius 1 is 1.03 bits per heavy atom. The summed E-state index contributed by atoms with van der Waals surface area (Å²) in [6.45, 7) is 0. The van der Waals surface area contributed by atoms with Gasteiger partial charge in [-0.15, -0.1) is 0 Å². The molecule has 8 nitrogen and oxygen atoms in total. The smallest absolute Gasteiger partial charge is 0.245 e. The van der Waals surface area contributed by atoms with E-state index in [1.54, 1.807) is 36.4 Å². The van der Waals surface area contributed by atoms with E-state index in [0.717, 1.165) is 0 Å². The van der Waals surface area contributed by atoms with Gasteiger partial charge in [-0.2, -0.15) is 5.26 Å². The molecule has 0 saturated heterocycles. The van der Waals surface area contributed by atoms with Crippen molar-refractivity contribution >= 4 is 22.6 Å². The fourth-order valence-electron chi connectivity index (χ4n) is 4.84. The normalized spacial score (nSPS) is 18.3. The van der Waals surface area contributed by atoms with Crippen LogP contribution in [-0.4, -0.2) is 11.0 Å². The van der Waals surface area contributed by atoms with Crippen molar-refractivity contribution in [3.05, 3.63) is 99.5 Å². The molecule has 8 heteroatoms. The van der Waals surface area contributed by atoms with Gasteiger partial charge < -0.3 is 25.3 Å². The number of nitrogens with one attached hydrogen (secondary N) is 1. The fraction of sp³-hybridized carbons (Fsp3) is 0.0385. The molecule has 0 saturated carbocycles. The van der Waals surface area contributed by atoms with Gasteiger partial charge >= 0.3 is 0 Å². The van der Waals surface area contributed by atoms with E-state index in [-0.39, 0.29) is 33.7 Å². The van der Waals surface area contributed by atoms with E-state index in [1.165, 1.54) is 12.1 Å². The summed E-state index contributed by atoms with van der Waals surface area (Å²) in [5.41, 5.74) is 5.21. The second kappa shape index (κ2) is 6.73. The van der Waals surface area contributed by atoms with Crippen LogP contribution in [0.5, 0.6) is 11.5 Å². The number of rotatable bonds is 1. The highest BCUT2D eigenvalue weighted by Crippen LogP contribution is 2.57. The molecule has 1 unspecified atom stereocenters.